The summed E-state index contributed by atoms with van der Waals surface area (Å²) < 4.78 is 21.1. The van der Waals surface area contributed by atoms with Gasteiger partial charge >= 0.3 is 8.24 Å². The summed E-state index contributed by atoms with van der Waals surface area (Å²) in [5.74, 6) is 0. The van der Waals surface area contributed by atoms with Gasteiger partial charge in [0.1, 0.15) is 11.2 Å². The van der Waals surface area contributed by atoms with Gasteiger partial charge < -0.3 is 8.39 Å². The van der Waals surface area contributed by atoms with Crippen LogP contribution >= 0.6 is 16.2 Å². The van der Waals surface area contributed by atoms with E-state index < -0.39 is 16.2 Å². The van der Waals surface area contributed by atoms with E-state index in [4.69, 9.17) is 12.9 Å². The first-order valence-electron chi connectivity index (χ1n) is 16.7. The van der Waals surface area contributed by atoms with Crippen molar-refractivity contribution in [2.45, 2.75) is 104 Å². The molecule has 0 N–H and O–H groups in total. The molecule has 0 unspecified atom stereocenters. The largest absolute Gasteiger partial charge is 0.399 e. The lowest BCUT2D eigenvalue weighted by Crippen LogP contribution is -2.13. The van der Waals surface area contributed by atoms with E-state index in [-0.39, 0.29) is 10.8 Å². The van der Waals surface area contributed by atoms with Crippen LogP contribution < -0.4 is 4.52 Å². The molecule has 2 atom stereocenters. The molecule has 0 amide bonds. The molecule has 4 aromatic carbocycles. The lowest BCUT2D eigenvalue weighted by atomic mass is 9.81. The van der Waals surface area contributed by atoms with Crippen molar-refractivity contribution in [3.8, 4) is 0 Å². The Labute approximate surface area is 278 Å². The van der Waals surface area contributed by atoms with Crippen molar-refractivity contribution in [3.63, 3.8) is 0 Å². The van der Waals surface area contributed by atoms with E-state index in [2.05, 4.69) is 142 Å². The van der Waals surface area contributed by atoms with Gasteiger partial charge in [-0.25, -0.2) is 0 Å². The summed E-state index contributed by atoms with van der Waals surface area (Å²) >= 11 is 0. The van der Waals surface area contributed by atoms with Gasteiger partial charge in [0.15, 0.2) is 0 Å². The summed E-state index contributed by atoms with van der Waals surface area (Å²) in [4.78, 5) is 0. The Balaban J connectivity index is 1.59. The van der Waals surface area contributed by atoms with E-state index in [1.165, 1.54) is 57.3 Å². The molecule has 242 valence electrons. The molecule has 2 heterocycles. The molecule has 0 bridgehead atoms. The van der Waals surface area contributed by atoms with Gasteiger partial charge in [-0.1, -0.05) is 122 Å². The number of hydrogen-bond donors (Lipinski definition) is 0. The quantitative estimate of drug-likeness (QED) is 0.177. The highest BCUT2D eigenvalue weighted by Gasteiger charge is 2.38. The van der Waals surface area contributed by atoms with Crippen molar-refractivity contribution in [2.24, 2.45) is 0 Å². The first-order valence-corrected chi connectivity index (χ1v) is 19.5. The molecule has 0 aliphatic carbocycles. The standard InChI is InChI=1S/C41H50O3P2/c1-26-23-32(40(5,6)7)38-36(28(26)3)37-29(4)27(2)24-33(41(8,9)10)39(37)44-46(43-38)42-25-45-34(30-17-13-11-14-18-30)21-22-35(45)31-19-15-12-16-20-31/h11-20,23-24,34-35H,21-22,25H2,1-10H3/t34-,35-/m1/s1. The van der Waals surface area contributed by atoms with Crippen LogP contribution in [0.5, 0.6) is 0 Å². The Bertz CT molecular complexity index is 1780. The highest BCUT2D eigenvalue weighted by Crippen LogP contribution is 2.70. The number of aryl methyl sites for hydroxylation is 4. The van der Waals surface area contributed by atoms with E-state index in [1.807, 2.05) is 0 Å². The van der Waals surface area contributed by atoms with Crippen LogP contribution in [-0.4, -0.2) is 6.35 Å². The summed E-state index contributed by atoms with van der Waals surface area (Å²) in [6.45, 7) is 22.6. The lowest BCUT2D eigenvalue weighted by Gasteiger charge is -2.26. The van der Waals surface area contributed by atoms with Crippen LogP contribution in [-0.2, 0) is 10.8 Å². The molecule has 0 radical (unpaired) electrons. The highest BCUT2D eigenvalue weighted by atomic mass is 31.1. The molecule has 1 saturated heterocycles. The molecule has 1 fully saturated rings. The first-order chi connectivity index (χ1) is 21.8. The second-order valence-corrected chi connectivity index (χ2v) is 18.9. The summed E-state index contributed by atoms with van der Waals surface area (Å²) in [6.07, 6.45) is 2.97. The topological polar surface area (TPSA) is 35.5 Å². The Hall–Kier alpha value is -2.83. The monoisotopic (exact) mass is 652 g/mol. The van der Waals surface area contributed by atoms with E-state index in [1.54, 1.807) is 0 Å². The fourth-order valence-electron chi connectivity index (χ4n) is 7.14. The zero-order valence-corrected chi connectivity index (χ0v) is 31.1. The van der Waals surface area contributed by atoms with Gasteiger partial charge in [0, 0.05) is 33.2 Å². The van der Waals surface area contributed by atoms with Gasteiger partial charge in [0.05, 0.1) is 6.35 Å². The molecule has 1 aliphatic heterocycles. The second-order valence-electron chi connectivity index (χ2n) is 15.2. The van der Waals surface area contributed by atoms with Crippen LogP contribution in [0.1, 0.15) is 110 Å². The van der Waals surface area contributed by atoms with Crippen LogP contribution in [0.25, 0.3) is 21.9 Å². The summed E-state index contributed by atoms with van der Waals surface area (Å²) in [6, 6.07) is 26.7. The maximum atomic E-state index is 7.07. The molecular formula is C41H50O3P2. The van der Waals surface area contributed by atoms with E-state index in [9.17, 15) is 0 Å². The van der Waals surface area contributed by atoms with E-state index >= 15 is 0 Å². The predicted molar refractivity (Wildman–Crippen MR) is 199 cm³/mol. The summed E-state index contributed by atoms with van der Waals surface area (Å²) in [5.41, 5.74) is 12.8. The normalized spacial score (nSPS) is 17.7. The molecule has 1 aliphatic rings. The minimum atomic E-state index is -1.72. The van der Waals surface area contributed by atoms with Gasteiger partial charge in [0.2, 0.25) is 0 Å². The Morgan fingerprint density at radius 3 is 1.39 bits per heavy atom. The third-order valence-electron chi connectivity index (χ3n) is 9.99. The van der Waals surface area contributed by atoms with Gasteiger partial charge in [-0.15, -0.1) is 0 Å². The van der Waals surface area contributed by atoms with Crippen molar-refractivity contribution < 1.29 is 12.9 Å². The van der Waals surface area contributed by atoms with Crippen LogP contribution in [0.3, 0.4) is 0 Å². The second kappa shape index (κ2) is 12.6. The maximum absolute atomic E-state index is 7.07. The minimum absolute atomic E-state index is 0.120. The number of benzene rings is 4. The van der Waals surface area contributed by atoms with Crippen molar-refractivity contribution in [2.75, 3.05) is 6.35 Å². The summed E-state index contributed by atoms with van der Waals surface area (Å²) in [5, 5.41) is 2.33. The molecule has 5 aromatic rings. The number of hydrogen-bond acceptors (Lipinski definition) is 3. The van der Waals surface area contributed by atoms with Crippen LogP contribution in [0, 0.1) is 27.7 Å². The fraction of sp³-hybridized carbons (Fsp3) is 0.415. The van der Waals surface area contributed by atoms with Crippen LogP contribution in [0.2, 0.25) is 0 Å². The minimum Gasteiger partial charge on any atom is -0.399 e. The van der Waals surface area contributed by atoms with Crippen molar-refractivity contribution in [1.29, 1.82) is 0 Å². The maximum Gasteiger partial charge on any atom is 0.387 e. The molecule has 0 saturated carbocycles. The Kier molecular flexibility index (Phi) is 9.10. The molecule has 3 nitrogen and oxygen atoms in total. The van der Waals surface area contributed by atoms with Crippen LogP contribution in [0.4, 0.5) is 0 Å². The Morgan fingerprint density at radius 2 is 1.02 bits per heavy atom. The van der Waals surface area contributed by atoms with E-state index in [0.29, 0.717) is 17.7 Å². The van der Waals surface area contributed by atoms with Gasteiger partial charge in [-0.05, 0) is 84.7 Å². The summed E-state index contributed by atoms with van der Waals surface area (Å²) in [7, 11) is -2.26. The number of rotatable bonds is 5. The van der Waals surface area contributed by atoms with Gasteiger partial charge in [-0.3, -0.25) is 4.52 Å². The lowest BCUT2D eigenvalue weighted by molar-refractivity contribution is 0.429. The molecule has 1 aromatic heterocycles. The zero-order valence-electron chi connectivity index (χ0n) is 29.3. The van der Waals surface area contributed by atoms with Crippen molar-refractivity contribution >= 4 is 38.1 Å². The molecule has 6 rings (SSSR count). The molecule has 0 spiro atoms. The van der Waals surface area contributed by atoms with Crippen molar-refractivity contribution in [3.05, 3.63) is 117 Å². The predicted octanol–water partition coefficient (Wildman–Crippen LogP) is 13.3. The number of fused-ring (bicyclic) bond motifs is 3. The Morgan fingerprint density at radius 1 is 0.630 bits per heavy atom. The van der Waals surface area contributed by atoms with Crippen LogP contribution in [0.15, 0.2) is 81.2 Å². The van der Waals surface area contributed by atoms with E-state index in [0.717, 1.165) is 21.9 Å². The zero-order chi connectivity index (χ0) is 33.0. The average molecular weight is 653 g/mol. The highest BCUT2D eigenvalue weighted by molar-refractivity contribution is 7.59. The molecular weight excluding hydrogens is 602 g/mol. The average Bonchev–Trinajstić information content (AvgIpc) is 3.35. The van der Waals surface area contributed by atoms with Gasteiger partial charge in [0.25, 0.3) is 0 Å². The smallest absolute Gasteiger partial charge is 0.387 e. The third kappa shape index (κ3) is 6.24. The molecule has 5 heteroatoms. The SMILES string of the molecule is Cc1cc(C(C)(C)C)c2op(OCP3[C@@H](c4ccccc4)CC[C@@H]3c3ccccc3)oc3c(C(C)(C)C)cc(C)c(C)c3c2c1C. The fourth-order valence-corrected chi connectivity index (χ4v) is 11.7. The molecule has 46 heavy (non-hydrogen) atoms. The van der Waals surface area contributed by atoms with Gasteiger partial charge in [-0.2, -0.15) is 0 Å². The first kappa shape index (κ1) is 33.1. The van der Waals surface area contributed by atoms with Crippen molar-refractivity contribution in [1.82, 2.24) is 0 Å². The third-order valence-corrected chi connectivity index (χ3v) is 14.3.